The molecular formula is C12H24N4O2S. The minimum atomic E-state index is -3.49. The molecule has 19 heavy (non-hydrogen) atoms. The molecule has 0 radical (unpaired) electrons. The average Bonchev–Trinajstić information content (AvgIpc) is 2.73. The first kappa shape index (κ1) is 16.1. The molecule has 0 bridgehead atoms. The minimum Gasteiger partial charge on any atom is -0.310 e. The molecule has 0 spiro atoms. The maximum absolute atomic E-state index is 12.4. The number of sulfonamides is 1. The highest BCUT2D eigenvalue weighted by molar-refractivity contribution is 7.89. The van der Waals surface area contributed by atoms with Gasteiger partial charge in [-0.3, -0.25) is 5.10 Å². The van der Waals surface area contributed by atoms with E-state index in [4.69, 9.17) is 0 Å². The van der Waals surface area contributed by atoms with Crippen LogP contribution in [0.25, 0.3) is 0 Å². The number of rotatable bonds is 7. The van der Waals surface area contributed by atoms with Crippen molar-refractivity contribution in [2.24, 2.45) is 5.92 Å². The quantitative estimate of drug-likeness (QED) is 0.790. The van der Waals surface area contributed by atoms with Crippen molar-refractivity contribution in [1.29, 1.82) is 0 Å². The van der Waals surface area contributed by atoms with Crippen LogP contribution in [0.2, 0.25) is 0 Å². The Kier molecular flexibility index (Phi) is 5.51. The maximum Gasteiger partial charge on any atom is 0.260 e. The Balaban J connectivity index is 2.92. The lowest BCUT2D eigenvalue weighted by molar-refractivity contribution is 0.414. The largest absolute Gasteiger partial charge is 0.310 e. The van der Waals surface area contributed by atoms with Gasteiger partial charge in [0.1, 0.15) is 0 Å². The maximum atomic E-state index is 12.4. The fourth-order valence-corrected chi connectivity index (χ4v) is 3.16. The molecule has 0 saturated carbocycles. The number of aromatic amines is 1. The van der Waals surface area contributed by atoms with Gasteiger partial charge in [0.25, 0.3) is 10.0 Å². The first-order valence-corrected chi connectivity index (χ1v) is 7.91. The molecule has 6 nitrogen and oxygen atoms in total. The van der Waals surface area contributed by atoms with E-state index in [0.29, 0.717) is 24.7 Å². The molecule has 1 heterocycles. The van der Waals surface area contributed by atoms with E-state index < -0.39 is 10.0 Å². The van der Waals surface area contributed by atoms with Gasteiger partial charge in [-0.25, -0.2) is 8.42 Å². The number of hydrogen-bond acceptors (Lipinski definition) is 4. The van der Waals surface area contributed by atoms with Gasteiger partial charge in [-0.2, -0.15) is 9.40 Å². The van der Waals surface area contributed by atoms with Crippen molar-refractivity contribution in [3.8, 4) is 0 Å². The summed E-state index contributed by atoms with van der Waals surface area (Å²) < 4.78 is 26.2. The lowest BCUT2D eigenvalue weighted by Gasteiger charge is -2.19. The molecule has 0 unspecified atom stereocenters. The average molecular weight is 288 g/mol. The Morgan fingerprint density at radius 3 is 2.53 bits per heavy atom. The summed E-state index contributed by atoms with van der Waals surface area (Å²) in [7, 11) is -1.90. The zero-order valence-corrected chi connectivity index (χ0v) is 13.1. The predicted molar refractivity (Wildman–Crippen MR) is 75.2 cm³/mol. The molecule has 0 aromatic carbocycles. The Morgan fingerprint density at radius 1 is 1.37 bits per heavy atom. The van der Waals surface area contributed by atoms with Crippen LogP contribution < -0.4 is 5.32 Å². The van der Waals surface area contributed by atoms with Crippen LogP contribution in [0, 0.1) is 5.92 Å². The molecule has 1 aromatic heterocycles. The van der Waals surface area contributed by atoms with Crippen LogP contribution in [0.5, 0.6) is 0 Å². The second kappa shape index (κ2) is 6.49. The van der Waals surface area contributed by atoms with Gasteiger partial charge < -0.3 is 5.32 Å². The van der Waals surface area contributed by atoms with E-state index in [2.05, 4.69) is 15.5 Å². The predicted octanol–water partition coefficient (Wildman–Crippen LogP) is 1.18. The van der Waals surface area contributed by atoms with Crippen LogP contribution in [0.4, 0.5) is 0 Å². The van der Waals surface area contributed by atoms with Gasteiger partial charge in [0.05, 0.1) is 6.20 Å². The zero-order chi connectivity index (χ0) is 14.6. The Morgan fingerprint density at radius 2 is 2.00 bits per heavy atom. The summed E-state index contributed by atoms with van der Waals surface area (Å²) in [6, 6.07) is 0.291. The molecule has 0 aliphatic carbocycles. The zero-order valence-electron chi connectivity index (χ0n) is 12.3. The highest BCUT2D eigenvalue weighted by Gasteiger charge is 2.26. The molecule has 0 aliphatic rings. The molecule has 110 valence electrons. The second-order valence-corrected chi connectivity index (χ2v) is 7.42. The van der Waals surface area contributed by atoms with Crippen LogP contribution >= 0.6 is 0 Å². The van der Waals surface area contributed by atoms with Crippen molar-refractivity contribution in [2.45, 2.75) is 45.3 Å². The topological polar surface area (TPSA) is 78.1 Å². The number of nitrogens with one attached hydrogen (secondary N) is 2. The van der Waals surface area contributed by atoms with Gasteiger partial charge in [0, 0.05) is 31.7 Å². The summed E-state index contributed by atoms with van der Waals surface area (Å²) >= 11 is 0. The van der Waals surface area contributed by atoms with E-state index in [1.165, 1.54) is 4.31 Å². The molecule has 0 amide bonds. The summed E-state index contributed by atoms with van der Waals surface area (Å²) in [4.78, 5) is 0. The summed E-state index contributed by atoms with van der Waals surface area (Å²) in [5.41, 5.74) is 0.671. The molecule has 0 saturated heterocycles. The van der Waals surface area contributed by atoms with Gasteiger partial charge >= 0.3 is 0 Å². The third-order valence-electron chi connectivity index (χ3n) is 2.67. The molecule has 0 aliphatic heterocycles. The lowest BCUT2D eigenvalue weighted by atomic mass is 10.2. The molecule has 1 rings (SSSR count). The molecule has 2 N–H and O–H groups in total. The summed E-state index contributed by atoms with van der Waals surface area (Å²) in [6.45, 7) is 8.97. The fraction of sp³-hybridized carbons (Fsp3) is 0.750. The Bertz CT molecular complexity index is 494. The lowest BCUT2D eigenvalue weighted by Crippen LogP contribution is -2.32. The van der Waals surface area contributed by atoms with E-state index in [9.17, 15) is 8.42 Å². The highest BCUT2D eigenvalue weighted by Crippen LogP contribution is 2.17. The van der Waals surface area contributed by atoms with Crippen LogP contribution in [-0.4, -0.2) is 42.6 Å². The van der Waals surface area contributed by atoms with Crippen molar-refractivity contribution in [1.82, 2.24) is 19.8 Å². The molecule has 1 aromatic rings. The van der Waals surface area contributed by atoms with E-state index in [1.54, 1.807) is 13.2 Å². The monoisotopic (exact) mass is 288 g/mol. The number of aromatic nitrogens is 2. The van der Waals surface area contributed by atoms with Crippen LogP contribution in [0.15, 0.2) is 11.2 Å². The highest BCUT2D eigenvalue weighted by atomic mass is 32.2. The van der Waals surface area contributed by atoms with Crippen LogP contribution in [0.3, 0.4) is 0 Å². The van der Waals surface area contributed by atoms with Crippen molar-refractivity contribution in [3.05, 3.63) is 11.8 Å². The Labute approximate surface area is 115 Å². The van der Waals surface area contributed by atoms with E-state index in [-0.39, 0.29) is 10.9 Å². The SMILES string of the molecule is CC(C)CN(C)S(=O)(=O)c1[nH]ncc1CNC(C)C. The van der Waals surface area contributed by atoms with Crippen LogP contribution in [-0.2, 0) is 16.6 Å². The molecular weight excluding hydrogens is 264 g/mol. The number of H-pyrrole nitrogens is 1. The molecule has 0 fully saturated rings. The first-order chi connectivity index (χ1) is 8.75. The molecule has 0 atom stereocenters. The third-order valence-corrected chi connectivity index (χ3v) is 4.51. The smallest absolute Gasteiger partial charge is 0.260 e. The van der Waals surface area contributed by atoms with E-state index in [0.717, 1.165) is 0 Å². The number of nitrogens with zero attached hydrogens (tertiary/aromatic N) is 2. The van der Waals surface area contributed by atoms with Crippen molar-refractivity contribution in [3.63, 3.8) is 0 Å². The van der Waals surface area contributed by atoms with Gasteiger partial charge in [-0.15, -0.1) is 0 Å². The van der Waals surface area contributed by atoms with Crippen molar-refractivity contribution < 1.29 is 8.42 Å². The number of hydrogen-bond donors (Lipinski definition) is 2. The van der Waals surface area contributed by atoms with E-state index >= 15 is 0 Å². The standard InChI is InChI=1S/C12H24N4O2S/c1-9(2)8-16(5)19(17,18)12-11(7-14-15-12)6-13-10(3)4/h7,9-10,13H,6,8H2,1-5H3,(H,14,15). The Hall–Kier alpha value is -0.920. The van der Waals surface area contributed by atoms with E-state index in [1.807, 2.05) is 27.7 Å². The van der Waals surface area contributed by atoms with Gasteiger partial charge in [-0.1, -0.05) is 27.7 Å². The minimum absolute atomic E-state index is 0.184. The van der Waals surface area contributed by atoms with Gasteiger partial charge in [-0.05, 0) is 5.92 Å². The summed E-state index contributed by atoms with van der Waals surface area (Å²) in [6.07, 6.45) is 1.56. The van der Waals surface area contributed by atoms with Crippen molar-refractivity contribution in [2.75, 3.05) is 13.6 Å². The normalized spacial score (nSPS) is 12.8. The van der Waals surface area contributed by atoms with Gasteiger partial charge in [0.15, 0.2) is 5.03 Å². The first-order valence-electron chi connectivity index (χ1n) is 6.47. The third kappa shape index (κ3) is 4.29. The fourth-order valence-electron chi connectivity index (χ4n) is 1.73. The van der Waals surface area contributed by atoms with Crippen LogP contribution in [0.1, 0.15) is 33.3 Å². The summed E-state index contributed by atoms with van der Waals surface area (Å²) in [5, 5.41) is 9.84. The molecule has 7 heteroatoms. The summed E-state index contributed by atoms with van der Waals surface area (Å²) in [5.74, 6) is 0.278. The van der Waals surface area contributed by atoms with Gasteiger partial charge in [0.2, 0.25) is 0 Å². The van der Waals surface area contributed by atoms with Crippen molar-refractivity contribution >= 4 is 10.0 Å². The second-order valence-electron chi connectivity index (χ2n) is 5.44.